The SMILES string of the molecule is CCC(CC)c1nc(COC)c(CC(=O)O)s1. The summed E-state index contributed by atoms with van der Waals surface area (Å²) in [7, 11) is 1.60. The number of methoxy groups -OCH3 is 1. The normalized spacial score (nSPS) is 11.1. The number of aliphatic carboxylic acids is 1. The van der Waals surface area contributed by atoms with Crippen molar-refractivity contribution in [2.75, 3.05) is 7.11 Å². The van der Waals surface area contributed by atoms with Crippen LogP contribution < -0.4 is 0 Å². The summed E-state index contributed by atoms with van der Waals surface area (Å²) in [6.45, 7) is 4.64. The zero-order valence-corrected chi connectivity index (χ0v) is 11.3. The van der Waals surface area contributed by atoms with Gasteiger partial charge in [-0.25, -0.2) is 4.98 Å². The first kappa shape index (κ1) is 14.1. The first-order valence-corrected chi connectivity index (χ1v) is 6.63. The van der Waals surface area contributed by atoms with Gasteiger partial charge in [-0.3, -0.25) is 4.79 Å². The van der Waals surface area contributed by atoms with Crippen molar-refractivity contribution >= 4 is 17.3 Å². The third-order valence-electron chi connectivity index (χ3n) is 2.72. The molecule has 0 spiro atoms. The van der Waals surface area contributed by atoms with Gasteiger partial charge in [0.05, 0.1) is 23.7 Å². The number of hydrogen-bond acceptors (Lipinski definition) is 4. The van der Waals surface area contributed by atoms with Crippen LogP contribution in [0.5, 0.6) is 0 Å². The summed E-state index contributed by atoms with van der Waals surface area (Å²) < 4.78 is 5.06. The van der Waals surface area contributed by atoms with Crippen molar-refractivity contribution in [3.63, 3.8) is 0 Å². The van der Waals surface area contributed by atoms with Gasteiger partial charge in [0.15, 0.2) is 0 Å². The van der Waals surface area contributed by atoms with Crippen molar-refractivity contribution in [1.82, 2.24) is 4.98 Å². The van der Waals surface area contributed by atoms with Crippen molar-refractivity contribution < 1.29 is 14.6 Å². The predicted octanol–water partition coefficient (Wildman–Crippen LogP) is 2.82. The van der Waals surface area contributed by atoms with E-state index in [0.29, 0.717) is 12.5 Å². The van der Waals surface area contributed by atoms with Gasteiger partial charge in [0.25, 0.3) is 0 Å². The van der Waals surface area contributed by atoms with Crippen molar-refractivity contribution in [1.29, 1.82) is 0 Å². The maximum Gasteiger partial charge on any atom is 0.308 e. The Labute approximate surface area is 106 Å². The molecule has 1 aromatic heterocycles. The Morgan fingerprint density at radius 2 is 2.12 bits per heavy atom. The molecule has 0 atom stereocenters. The number of carbonyl (C=O) groups is 1. The van der Waals surface area contributed by atoms with Crippen LogP contribution in [0.1, 0.15) is 48.2 Å². The average Bonchev–Trinajstić information content (AvgIpc) is 2.63. The quantitative estimate of drug-likeness (QED) is 0.816. The highest BCUT2D eigenvalue weighted by molar-refractivity contribution is 7.12. The van der Waals surface area contributed by atoms with Gasteiger partial charge in [-0.2, -0.15) is 0 Å². The van der Waals surface area contributed by atoms with Crippen LogP contribution in [0, 0.1) is 0 Å². The highest BCUT2D eigenvalue weighted by atomic mass is 32.1. The monoisotopic (exact) mass is 257 g/mol. The molecule has 1 rings (SSSR count). The van der Waals surface area contributed by atoms with Crippen molar-refractivity contribution in [3.05, 3.63) is 15.6 Å². The summed E-state index contributed by atoms with van der Waals surface area (Å²) >= 11 is 1.51. The van der Waals surface area contributed by atoms with E-state index in [0.717, 1.165) is 28.4 Å². The van der Waals surface area contributed by atoms with E-state index in [1.165, 1.54) is 11.3 Å². The molecule has 0 saturated carbocycles. The van der Waals surface area contributed by atoms with E-state index < -0.39 is 5.97 Å². The van der Waals surface area contributed by atoms with Gasteiger partial charge in [0.1, 0.15) is 0 Å². The summed E-state index contributed by atoms with van der Waals surface area (Å²) in [6.07, 6.45) is 2.10. The molecule has 0 bridgehead atoms. The molecular weight excluding hydrogens is 238 g/mol. The fourth-order valence-electron chi connectivity index (χ4n) is 1.74. The van der Waals surface area contributed by atoms with E-state index in [2.05, 4.69) is 18.8 Å². The van der Waals surface area contributed by atoms with E-state index in [4.69, 9.17) is 9.84 Å². The van der Waals surface area contributed by atoms with E-state index in [1.54, 1.807) is 7.11 Å². The van der Waals surface area contributed by atoms with Gasteiger partial charge >= 0.3 is 5.97 Å². The highest BCUT2D eigenvalue weighted by Gasteiger charge is 2.18. The second-order valence-corrected chi connectivity index (χ2v) is 5.05. The van der Waals surface area contributed by atoms with Crippen LogP contribution in [0.2, 0.25) is 0 Å². The Hall–Kier alpha value is -0.940. The minimum absolute atomic E-state index is 0.0382. The summed E-state index contributed by atoms with van der Waals surface area (Å²) in [5, 5.41) is 9.90. The average molecular weight is 257 g/mol. The molecule has 17 heavy (non-hydrogen) atoms. The molecule has 0 aliphatic heterocycles. The van der Waals surface area contributed by atoms with Crippen LogP contribution in [0.15, 0.2) is 0 Å². The number of ether oxygens (including phenoxy) is 1. The Morgan fingerprint density at radius 3 is 2.59 bits per heavy atom. The first-order chi connectivity index (χ1) is 8.12. The molecule has 0 radical (unpaired) electrons. The molecule has 1 heterocycles. The molecule has 0 saturated heterocycles. The standard InChI is InChI=1S/C12H19NO3S/c1-4-8(5-2)12-13-9(7-16-3)10(17-12)6-11(14)15/h8H,4-7H2,1-3H3,(H,14,15). The molecular formula is C12H19NO3S. The van der Waals surface area contributed by atoms with Gasteiger partial charge < -0.3 is 9.84 Å². The lowest BCUT2D eigenvalue weighted by Gasteiger charge is -2.06. The largest absolute Gasteiger partial charge is 0.481 e. The van der Waals surface area contributed by atoms with E-state index in [1.807, 2.05) is 0 Å². The third-order valence-corrected chi connectivity index (χ3v) is 3.98. The smallest absolute Gasteiger partial charge is 0.308 e. The second-order valence-electron chi connectivity index (χ2n) is 3.94. The van der Waals surface area contributed by atoms with Gasteiger partial charge in [-0.15, -0.1) is 11.3 Å². The molecule has 0 aromatic carbocycles. The number of aromatic nitrogens is 1. The van der Waals surface area contributed by atoms with Gasteiger partial charge in [-0.1, -0.05) is 13.8 Å². The second kappa shape index (κ2) is 6.71. The van der Waals surface area contributed by atoms with Crippen molar-refractivity contribution in [2.24, 2.45) is 0 Å². The van der Waals surface area contributed by atoms with Crippen LogP contribution in [-0.2, 0) is 22.6 Å². The van der Waals surface area contributed by atoms with E-state index in [-0.39, 0.29) is 6.42 Å². The summed E-state index contributed by atoms with van der Waals surface area (Å²) in [4.78, 5) is 16.1. The fourth-order valence-corrected chi connectivity index (χ4v) is 3.07. The molecule has 0 aliphatic carbocycles. The molecule has 1 aromatic rings. The predicted molar refractivity (Wildman–Crippen MR) is 67.5 cm³/mol. The maximum atomic E-state index is 10.8. The van der Waals surface area contributed by atoms with Crippen LogP contribution in [0.25, 0.3) is 0 Å². The number of carboxylic acids is 1. The Kier molecular flexibility index (Phi) is 5.58. The molecule has 0 amide bonds. The minimum Gasteiger partial charge on any atom is -0.481 e. The van der Waals surface area contributed by atoms with Crippen LogP contribution >= 0.6 is 11.3 Å². The molecule has 0 fully saturated rings. The lowest BCUT2D eigenvalue weighted by Crippen LogP contribution is -2.02. The number of hydrogen-bond donors (Lipinski definition) is 1. The molecule has 0 unspecified atom stereocenters. The minimum atomic E-state index is -0.817. The van der Waals surface area contributed by atoms with Crippen LogP contribution in [-0.4, -0.2) is 23.2 Å². The fraction of sp³-hybridized carbons (Fsp3) is 0.667. The van der Waals surface area contributed by atoms with Crippen molar-refractivity contribution in [3.8, 4) is 0 Å². The zero-order chi connectivity index (χ0) is 12.8. The lowest BCUT2D eigenvalue weighted by molar-refractivity contribution is -0.136. The first-order valence-electron chi connectivity index (χ1n) is 5.81. The van der Waals surface area contributed by atoms with Crippen molar-refractivity contribution in [2.45, 2.75) is 45.6 Å². The summed E-state index contributed by atoms with van der Waals surface area (Å²) in [6, 6.07) is 0. The van der Waals surface area contributed by atoms with Gasteiger partial charge in [0, 0.05) is 17.9 Å². The number of carboxylic acid groups (broad SMARTS) is 1. The third kappa shape index (κ3) is 3.78. The molecule has 1 N–H and O–H groups in total. The zero-order valence-electron chi connectivity index (χ0n) is 10.5. The molecule has 96 valence electrons. The molecule has 0 aliphatic rings. The molecule has 4 nitrogen and oxygen atoms in total. The number of thiazole rings is 1. The number of rotatable bonds is 7. The van der Waals surface area contributed by atoms with Gasteiger partial charge in [0.2, 0.25) is 0 Å². The summed E-state index contributed by atoms with van der Waals surface area (Å²) in [5.41, 5.74) is 0.779. The van der Waals surface area contributed by atoms with Crippen LogP contribution in [0.3, 0.4) is 0 Å². The Balaban J connectivity index is 2.97. The van der Waals surface area contributed by atoms with Gasteiger partial charge in [-0.05, 0) is 12.8 Å². The topological polar surface area (TPSA) is 59.4 Å². The lowest BCUT2D eigenvalue weighted by atomic mass is 10.1. The molecule has 5 heteroatoms. The highest BCUT2D eigenvalue weighted by Crippen LogP contribution is 2.30. The van der Waals surface area contributed by atoms with E-state index in [9.17, 15) is 4.79 Å². The Bertz CT molecular complexity index is 372. The Morgan fingerprint density at radius 1 is 1.47 bits per heavy atom. The summed E-state index contributed by atoms with van der Waals surface area (Å²) in [5.74, 6) is -0.389. The number of nitrogens with zero attached hydrogens (tertiary/aromatic N) is 1. The van der Waals surface area contributed by atoms with E-state index >= 15 is 0 Å². The van der Waals surface area contributed by atoms with Crippen LogP contribution in [0.4, 0.5) is 0 Å². The maximum absolute atomic E-state index is 10.8.